The molecule has 0 saturated heterocycles. The van der Waals surface area contributed by atoms with E-state index >= 15 is 0 Å². The number of ether oxygens (including phenoxy) is 1. The highest BCUT2D eigenvalue weighted by Gasteiger charge is 2.14. The number of halogens is 1. The van der Waals surface area contributed by atoms with Crippen molar-refractivity contribution in [1.29, 1.82) is 0 Å². The van der Waals surface area contributed by atoms with E-state index in [0.717, 1.165) is 44.9 Å². The number of nitrogens with zero attached hydrogens (tertiary/aromatic N) is 2. The highest BCUT2D eigenvalue weighted by atomic mass is 35.5. The van der Waals surface area contributed by atoms with Gasteiger partial charge in [-0.15, -0.1) is 0 Å². The smallest absolute Gasteiger partial charge is 0.335 e. The first kappa shape index (κ1) is 20.9. The third-order valence-corrected chi connectivity index (χ3v) is 5.69. The van der Waals surface area contributed by atoms with Crippen molar-refractivity contribution in [2.75, 3.05) is 6.61 Å². The van der Waals surface area contributed by atoms with Gasteiger partial charge in [-0.25, -0.2) is 9.78 Å². The second kappa shape index (κ2) is 8.44. The zero-order valence-corrected chi connectivity index (χ0v) is 18.4. The van der Waals surface area contributed by atoms with Crippen LogP contribution in [-0.2, 0) is 6.54 Å². The number of fused-ring (bicyclic) bond motifs is 1. The molecule has 0 spiro atoms. The second-order valence-corrected chi connectivity index (χ2v) is 7.89. The molecular formula is C25H23ClN2O3. The predicted octanol–water partition coefficient (Wildman–Crippen LogP) is 6.12. The number of carbonyl (C=O) groups is 1. The Balaban J connectivity index is 1.79. The summed E-state index contributed by atoms with van der Waals surface area (Å²) in [5, 5.41) is 9.99. The molecule has 158 valence electrons. The van der Waals surface area contributed by atoms with Crippen molar-refractivity contribution in [2.45, 2.75) is 27.3 Å². The predicted molar refractivity (Wildman–Crippen MR) is 123 cm³/mol. The van der Waals surface area contributed by atoms with Crippen LogP contribution >= 0.6 is 11.6 Å². The van der Waals surface area contributed by atoms with Gasteiger partial charge in [0.05, 0.1) is 29.7 Å². The fourth-order valence-corrected chi connectivity index (χ4v) is 4.02. The number of benzene rings is 3. The van der Waals surface area contributed by atoms with Crippen LogP contribution in [0.3, 0.4) is 0 Å². The van der Waals surface area contributed by atoms with E-state index in [-0.39, 0.29) is 5.56 Å². The molecular weight excluding hydrogens is 412 g/mol. The number of aryl methyl sites for hydroxylation is 2. The fourth-order valence-electron chi connectivity index (χ4n) is 3.79. The average Bonchev–Trinajstić information content (AvgIpc) is 3.06. The summed E-state index contributed by atoms with van der Waals surface area (Å²) >= 11 is 6.52. The van der Waals surface area contributed by atoms with E-state index in [9.17, 15) is 9.90 Å². The Morgan fingerprint density at radius 1 is 1.10 bits per heavy atom. The van der Waals surface area contributed by atoms with Crippen LogP contribution < -0.4 is 4.74 Å². The van der Waals surface area contributed by atoms with E-state index in [2.05, 4.69) is 10.6 Å². The molecule has 0 bridgehead atoms. The minimum absolute atomic E-state index is 0.265. The van der Waals surface area contributed by atoms with Crippen molar-refractivity contribution in [3.05, 3.63) is 82.1 Å². The molecule has 0 aliphatic rings. The molecule has 1 aromatic heterocycles. The molecule has 4 rings (SSSR count). The first-order chi connectivity index (χ1) is 14.9. The Hall–Kier alpha value is -3.31. The molecule has 3 aromatic carbocycles. The van der Waals surface area contributed by atoms with Crippen LogP contribution in [0.2, 0.25) is 5.02 Å². The summed E-state index contributed by atoms with van der Waals surface area (Å²) in [6.45, 7) is 7.10. The van der Waals surface area contributed by atoms with Gasteiger partial charge in [0.1, 0.15) is 11.6 Å². The van der Waals surface area contributed by atoms with Crippen LogP contribution in [0.5, 0.6) is 5.75 Å². The highest BCUT2D eigenvalue weighted by molar-refractivity contribution is 6.31. The molecule has 1 heterocycles. The summed E-state index contributed by atoms with van der Waals surface area (Å²) in [7, 11) is 0. The molecule has 0 amide bonds. The lowest BCUT2D eigenvalue weighted by Crippen LogP contribution is -2.03. The number of hydrogen-bond acceptors (Lipinski definition) is 3. The van der Waals surface area contributed by atoms with E-state index in [0.29, 0.717) is 18.2 Å². The molecule has 0 radical (unpaired) electrons. The Morgan fingerprint density at radius 3 is 2.61 bits per heavy atom. The number of rotatable bonds is 6. The Bertz CT molecular complexity index is 1290. The summed E-state index contributed by atoms with van der Waals surface area (Å²) in [6, 6.07) is 16.8. The van der Waals surface area contributed by atoms with Gasteiger partial charge in [-0.05, 0) is 79.4 Å². The van der Waals surface area contributed by atoms with Gasteiger partial charge in [0.2, 0.25) is 0 Å². The molecule has 0 saturated carbocycles. The summed E-state index contributed by atoms with van der Waals surface area (Å²) < 4.78 is 7.67. The molecule has 0 atom stereocenters. The SMILES string of the molecule is CCOc1ccc(Cn2c(C)nc3c(C)cc(-c4cccc(C(=O)O)c4)cc32)c(Cl)c1. The topological polar surface area (TPSA) is 64.4 Å². The average molecular weight is 435 g/mol. The van der Waals surface area contributed by atoms with E-state index in [1.165, 1.54) is 0 Å². The van der Waals surface area contributed by atoms with Crippen molar-refractivity contribution < 1.29 is 14.6 Å². The zero-order valence-electron chi connectivity index (χ0n) is 17.6. The largest absolute Gasteiger partial charge is 0.494 e. The van der Waals surface area contributed by atoms with E-state index in [1.807, 2.05) is 51.1 Å². The van der Waals surface area contributed by atoms with E-state index in [4.69, 9.17) is 21.3 Å². The van der Waals surface area contributed by atoms with Crippen LogP contribution in [0.1, 0.15) is 34.2 Å². The van der Waals surface area contributed by atoms with E-state index in [1.54, 1.807) is 18.2 Å². The summed E-state index contributed by atoms with van der Waals surface area (Å²) in [5.41, 5.74) is 6.00. The normalized spacial score (nSPS) is 11.1. The third kappa shape index (κ3) is 4.14. The number of imidazole rings is 1. The van der Waals surface area contributed by atoms with Crippen molar-refractivity contribution >= 4 is 28.6 Å². The minimum Gasteiger partial charge on any atom is -0.494 e. The van der Waals surface area contributed by atoms with E-state index < -0.39 is 5.97 Å². The lowest BCUT2D eigenvalue weighted by Gasteiger charge is -2.12. The maximum atomic E-state index is 11.4. The lowest BCUT2D eigenvalue weighted by molar-refractivity contribution is 0.0697. The maximum Gasteiger partial charge on any atom is 0.335 e. The Morgan fingerprint density at radius 2 is 1.90 bits per heavy atom. The Labute approximate surface area is 185 Å². The third-order valence-electron chi connectivity index (χ3n) is 5.34. The van der Waals surface area contributed by atoms with Crippen LogP contribution in [0.4, 0.5) is 0 Å². The molecule has 5 nitrogen and oxygen atoms in total. The summed E-state index contributed by atoms with van der Waals surface area (Å²) in [4.78, 5) is 16.2. The summed E-state index contributed by atoms with van der Waals surface area (Å²) in [5.74, 6) is 0.699. The molecule has 6 heteroatoms. The van der Waals surface area contributed by atoms with Crippen molar-refractivity contribution in [3.63, 3.8) is 0 Å². The zero-order chi connectivity index (χ0) is 22.1. The van der Waals surface area contributed by atoms with Gasteiger partial charge in [0, 0.05) is 5.02 Å². The number of aromatic nitrogens is 2. The molecule has 1 N–H and O–H groups in total. The van der Waals surface area contributed by atoms with Gasteiger partial charge in [-0.2, -0.15) is 0 Å². The van der Waals surface area contributed by atoms with Crippen LogP contribution in [0.15, 0.2) is 54.6 Å². The molecule has 4 aromatic rings. The van der Waals surface area contributed by atoms with Gasteiger partial charge in [0.25, 0.3) is 0 Å². The number of carboxylic acids is 1. The van der Waals surface area contributed by atoms with Crippen molar-refractivity contribution in [1.82, 2.24) is 9.55 Å². The molecule has 31 heavy (non-hydrogen) atoms. The lowest BCUT2D eigenvalue weighted by atomic mass is 10.0. The minimum atomic E-state index is -0.939. The molecule has 0 fully saturated rings. The van der Waals surface area contributed by atoms with Gasteiger partial charge in [-0.1, -0.05) is 29.8 Å². The molecule has 0 aliphatic carbocycles. The van der Waals surface area contributed by atoms with Crippen molar-refractivity contribution in [3.8, 4) is 16.9 Å². The van der Waals surface area contributed by atoms with Gasteiger partial charge in [0.15, 0.2) is 0 Å². The van der Waals surface area contributed by atoms with Gasteiger partial charge >= 0.3 is 5.97 Å². The summed E-state index contributed by atoms with van der Waals surface area (Å²) in [6.07, 6.45) is 0. The first-order valence-corrected chi connectivity index (χ1v) is 10.5. The van der Waals surface area contributed by atoms with Gasteiger partial charge < -0.3 is 14.4 Å². The molecule has 0 unspecified atom stereocenters. The fraction of sp³-hybridized carbons (Fsp3) is 0.200. The quantitative estimate of drug-likeness (QED) is 0.397. The highest BCUT2D eigenvalue weighted by Crippen LogP contribution is 2.30. The standard InChI is InChI=1S/C25H23ClN2O3/c1-4-31-21-9-8-19(22(26)13-21)14-28-16(3)27-24-15(2)10-20(12-23(24)28)17-6-5-7-18(11-17)25(29)30/h5-13H,4,14H2,1-3H3,(H,29,30). The van der Waals surface area contributed by atoms with Crippen LogP contribution in [-0.4, -0.2) is 27.2 Å². The number of hydrogen-bond donors (Lipinski definition) is 1. The first-order valence-electron chi connectivity index (χ1n) is 10.1. The maximum absolute atomic E-state index is 11.4. The number of aromatic carboxylic acids is 1. The monoisotopic (exact) mass is 434 g/mol. The van der Waals surface area contributed by atoms with Gasteiger partial charge in [-0.3, -0.25) is 0 Å². The second-order valence-electron chi connectivity index (χ2n) is 7.48. The van der Waals surface area contributed by atoms with Crippen LogP contribution in [0, 0.1) is 13.8 Å². The van der Waals surface area contributed by atoms with Crippen molar-refractivity contribution in [2.24, 2.45) is 0 Å². The molecule has 0 aliphatic heterocycles. The number of carboxylic acid groups (broad SMARTS) is 1. The Kier molecular flexibility index (Phi) is 5.70. The van der Waals surface area contributed by atoms with Crippen LogP contribution in [0.25, 0.3) is 22.2 Å².